The summed E-state index contributed by atoms with van der Waals surface area (Å²) in [7, 11) is 1.35. The molecule has 3 aliphatic rings. The molecule has 260 valence electrons. The zero-order chi connectivity index (χ0) is 33.8. The maximum atomic E-state index is 12.6. The summed E-state index contributed by atoms with van der Waals surface area (Å²) < 4.78 is 38.3. The summed E-state index contributed by atoms with van der Waals surface area (Å²) in [4.78, 5) is 12.6. The molecule has 0 radical (unpaired) electrons. The summed E-state index contributed by atoms with van der Waals surface area (Å²) in [5.41, 5.74) is 0.473. The van der Waals surface area contributed by atoms with E-state index in [0.29, 0.717) is 5.56 Å². The molecule has 1 aromatic carbocycles. The highest BCUT2D eigenvalue weighted by Crippen LogP contribution is 2.37. The number of carbonyl (C=O) groups is 1. The SMILES string of the molecule is COc1cc(/C=C/C(=O)OC[C@H]2O[C@@H](O[C@]3(CO)O[C@H](CO)[C@@H](O)[C@@H]3O)C[C@@H](O)[C@@H]2O[C@@H]2O[C@H](CO)[C@@H](O)[C@H](O)[C@H]2O)ccc1O. The van der Waals surface area contributed by atoms with Gasteiger partial charge in [-0.3, -0.25) is 0 Å². The number of aliphatic hydroxyl groups is 9. The van der Waals surface area contributed by atoms with E-state index in [2.05, 4.69) is 0 Å². The molecule has 0 bridgehead atoms. The largest absolute Gasteiger partial charge is 0.504 e. The lowest BCUT2D eigenvalue weighted by molar-refractivity contribution is -0.379. The van der Waals surface area contributed by atoms with Crippen LogP contribution in [0, 0.1) is 0 Å². The van der Waals surface area contributed by atoms with Gasteiger partial charge in [-0.15, -0.1) is 0 Å². The number of esters is 1. The molecule has 3 saturated heterocycles. The van der Waals surface area contributed by atoms with Gasteiger partial charge < -0.3 is 84.2 Å². The van der Waals surface area contributed by atoms with E-state index >= 15 is 0 Å². The number of ether oxygens (including phenoxy) is 7. The molecule has 0 amide bonds. The van der Waals surface area contributed by atoms with Gasteiger partial charge in [0.15, 0.2) is 24.1 Å². The Kier molecular flexibility index (Phi) is 12.3. The van der Waals surface area contributed by atoms with Crippen molar-refractivity contribution in [1.29, 1.82) is 0 Å². The second kappa shape index (κ2) is 15.6. The molecular formula is C28H40O18. The summed E-state index contributed by atoms with van der Waals surface area (Å²) in [6.45, 7) is -3.11. The topological polar surface area (TPSA) is 284 Å². The van der Waals surface area contributed by atoms with Crippen molar-refractivity contribution in [3.8, 4) is 11.5 Å². The molecule has 46 heavy (non-hydrogen) atoms. The minimum Gasteiger partial charge on any atom is -0.504 e. The van der Waals surface area contributed by atoms with Crippen LogP contribution >= 0.6 is 0 Å². The highest BCUT2D eigenvalue weighted by molar-refractivity contribution is 5.87. The van der Waals surface area contributed by atoms with E-state index in [9.17, 15) is 55.9 Å². The van der Waals surface area contributed by atoms with Gasteiger partial charge in [-0.25, -0.2) is 4.79 Å². The number of hydrogen-bond donors (Lipinski definition) is 10. The molecular weight excluding hydrogens is 624 g/mol. The third kappa shape index (κ3) is 7.77. The van der Waals surface area contributed by atoms with Crippen molar-refractivity contribution < 1.29 is 89.0 Å². The van der Waals surface area contributed by atoms with Gasteiger partial charge in [0.1, 0.15) is 68.1 Å². The Balaban J connectivity index is 1.51. The van der Waals surface area contributed by atoms with Crippen LogP contribution in [-0.4, -0.2) is 170 Å². The van der Waals surface area contributed by atoms with Gasteiger partial charge in [0, 0.05) is 12.5 Å². The van der Waals surface area contributed by atoms with Crippen LogP contribution in [0.2, 0.25) is 0 Å². The van der Waals surface area contributed by atoms with Crippen molar-refractivity contribution in [2.75, 3.05) is 33.5 Å². The predicted molar refractivity (Wildman–Crippen MR) is 147 cm³/mol. The highest BCUT2D eigenvalue weighted by atomic mass is 16.8. The molecule has 0 spiro atoms. The fourth-order valence-electron chi connectivity index (χ4n) is 5.30. The standard InChI is InChI=1S/C28H40O18/c1-40-15-6-12(2-4-13(15)32)3-5-19(34)41-10-18-25(44-27-24(38)23(37)21(35)16(8-29)43-27)14(33)7-20(42-18)46-28(11-31)26(39)22(36)17(9-30)45-28/h2-6,14,16-18,20-27,29-33,35-39H,7-11H2,1H3/b5-3+/t14-,16-,17-,18-,20+,21-,22-,23+,24-,25+,26+,27+,28+/m1/s1. The molecule has 13 atom stereocenters. The Labute approximate surface area is 262 Å². The average Bonchev–Trinajstić information content (AvgIpc) is 3.29. The Morgan fingerprint density at radius 2 is 1.67 bits per heavy atom. The number of benzene rings is 1. The fraction of sp³-hybridized carbons (Fsp3) is 0.679. The molecule has 0 aliphatic carbocycles. The Morgan fingerprint density at radius 1 is 0.957 bits per heavy atom. The van der Waals surface area contributed by atoms with Gasteiger partial charge in [0.2, 0.25) is 5.79 Å². The predicted octanol–water partition coefficient (Wildman–Crippen LogP) is -4.56. The van der Waals surface area contributed by atoms with E-state index in [1.165, 1.54) is 31.4 Å². The van der Waals surface area contributed by atoms with E-state index in [1.807, 2.05) is 0 Å². The summed E-state index contributed by atoms with van der Waals surface area (Å²) in [6.07, 6.45) is -17.2. The number of aliphatic hydroxyl groups excluding tert-OH is 9. The van der Waals surface area contributed by atoms with Crippen LogP contribution in [-0.2, 0) is 33.2 Å². The Hall–Kier alpha value is -2.53. The van der Waals surface area contributed by atoms with Crippen LogP contribution < -0.4 is 4.74 Å². The molecule has 3 fully saturated rings. The van der Waals surface area contributed by atoms with Gasteiger partial charge in [-0.2, -0.15) is 0 Å². The van der Waals surface area contributed by atoms with Crippen molar-refractivity contribution in [2.45, 2.75) is 85.8 Å². The maximum Gasteiger partial charge on any atom is 0.330 e. The monoisotopic (exact) mass is 664 g/mol. The molecule has 3 aliphatic heterocycles. The van der Waals surface area contributed by atoms with Crippen LogP contribution in [0.25, 0.3) is 6.08 Å². The number of phenolic OH excluding ortho intramolecular Hbond substituents is 1. The molecule has 3 heterocycles. The van der Waals surface area contributed by atoms with E-state index in [4.69, 9.17) is 33.2 Å². The first-order chi connectivity index (χ1) is 21.9. The Bertz CT molecular complexity index is 1180. The molecule has 18 heteroatoms. The van der Waals surface area contributed by atoms with Crippen LogP contribution in [0.3, 0.4) is 0 Å². The molecule has 0 unspecified atom stereocenters. The molecule has 10 N–H and O–H groups in total. The zero-order valence-electron chi connectivity index (χ0n) is 24.6. The number of carbonyl (C=O) groups excluding carboxylic acids is 1. The van der Waals surface area contributed by atoms with Crippen molar-refractivity contribution in [3.05, 3.63) is 29.8 Å². The van der Waals surface area contributed by atoms with Gasteiger partial charge in [0.05, 0.1) is 26.4 Å². The molecule has 0 saturated carbocycles. The second-order valence-electron chi connectivity index (χ2n) is 11.0. The molecule has 4 rings (SSSR count). The first-order valence-corrected chi connectivity index (χ1v) is 14.3. The molecule has 1 aromatic rings. The van der Waals surface area contributed by atoms with Crippen molar-refractivity contribution in [1.82, 2.24) is 0 Å². The van der Waals surface area contributed by atoms with Crippen LogP contribution in [0.4, 0.5) is 0 Å². The van der Waals surface area contributed by atoms with Crippen LogP contribution in [0.15, 0.2) is 24.3 Å². The lowest BCUT2D eigenvalue weighted by Gasteiger charge is -2.45. The van der Waals surface area contributed by atoms with E-state index < -0.39 is 118 Å². The highest BCUT2D eigenvalue weighted by Gasteiger charge is 2.57. The third-order valence-corrected chi connectivity index (χ3v) is 7.89. The lowest BCUT2D eigenvalue weighted by atomic mass is 9.98. The number of methoxy groups -OCH3 is 1. The maximum absolute atomic E-state index is 12.6. The van der Waals surface area contributed by atoms with Crippen molar-refractivity contribution in [3.63, 3.8) is 0 Å². The molecule has 18 nitrogen and oxygen atoms in total. The Morgan fingerprint density at radius 3 is 2.30 bits per heavy atom. The van der Waals surface area contributed by atoms with E-state index in [0.717, 1.165) is 6.08 Å². The zero-order valence-corrected chi connectivity index (χ0v) is 24.6. The van der Waals surface area contributed by atoms with Gasteiger partial charge >= 0.3 is 5.97 Å². The quantitative estimate of drug-likeness (QED) is 0.0743. The minimum absolute atomic E-state index is 0.114. The van der Waals surface area contributed by atoms with Gasteiger partial charge in [-0.1, -0.05) is 6.07 Å². The third-order valence-electron chi connectivity index (χ3n) is 7.89. The number of phenols is 1. The van der Waals surface area contributed by atoms with Crippen molar-refractivity contribution in [2.24, 2.45) is 0 Å². The average molecular weight is 665 g/mol. The number of rotatable bonds is 12. The lowest BCUT2D eigenvalue weighted by Crippen LogP contribution is -2.62. The van der Waals surface area contributed by atoms with E-state index in [-0.39, 0.29) is 11.5 Å². The smallest absolute Gasteiger partial charge is 0.330 e. The minimum atomic E-state index is -2.28. The summed E-state index contributed by atoms with van der Waals surface area (Å²) in [5, 5.41) is 101. The molecule has 0 aromatic heterocycles. The van der Waals surface area contributed by atoms with Crippen LogP contribution in [0.5, 0.6) is 11.5 Å². The second-order valence-corrected chi connectivity index (χ2v) is 11.0. The number of aromatic hydroxyl groups is 1. The van der Waals surface area contributed by atoms with Crippen molar-refractivity contribution >= 4 is 12.0 Å². The first kappa shape index (κ1) is 36.3. The van der Waals surface area contributed by atoms with Crippen LogP contribution in [0.1, 0.15) is 12.0 Å². The summed E-state index contributed by atoms with van der Waals surface area (Å²) >= 11 is 0. The van der Waals surface area contributed by atoms with Gasteiger partial charge in [-0.05, 0) is 23.8 Å². The summed E-state index contributed by atoms with van der Waals surface area (Å²) in [5.74, 6) is -3.13. The first-order valence-electron chi connectivity index (χ1n) is 14.3. The van der Waals surface area contributed by atoms with Gasteiger partial charge in [0.25, 0.3) is 0 Å². The van der Waals surface area contributed by atoms with E-state index in [1.54, 1.807) is 0 Å². The summed E-state index contributed by atoms with van der Waals surface area (Å²) in [6, 6.07) is 4.32. The fourth-order valence-corrected chi connectivity index (χ4v) is 5.30. The normalized spacial score (nSPS) is 39.9. The number of hydrogen-bond acceptors (Lipinski definition) is 18.